The van der Waals surface area contributed by atoms with Gasteiger partial charge >= 0.3 is 0 Å². The summed E-state index contributed by atoms with van der Waals surface area (Å²) in [6.45, 7) is 7.84. The Bertz CT molecular complexity index is 814. The summed E-state index contributed by atoms with van der Waals surface area (Å²) in [6.07, 6.45) is 1.99. The van der Waals surface area contributed by atoms with Crippen LogP contribution < -0.4 is 5.32 Å². The van der Waals surface area contributed by atoms with Crippen molar-refractivity contribution in [1.29, 1.82) is 0 Å². The van der Waals surface area contributed by atoms with E-state index in [2.05, 4.69) is 56.4 Å². The molecule has 5 heteroatoms. The summed E-state index contributed by atoms with van der Waals surface area (Å²) in [5.41, 5.74) is 1.23. The first kappa shape index (κ1) is 17.8. The zero-order valence-electron chi connectivity index (χ0n) is 15.1. The summed E-state index contributed by atoms with van der Waals surface area (Å²) < 4.78 is 5.60. The maximum Gasteiger partial charge on any atom is 0.138 e. The molecule has 0 radical (unpaired) electrons. The van der Waals surface area contributed by atoms with Gasteiger partial charge in [-0.15, -0.1) is 11.3 Å². The number of benzene rings is 1. The Morgan fingerprint density at radius 3 is 2.72 bits per heavy atom. The van der Waals surface area contributed by atoms with E-state index in [1.807, 2.05) is 6.07 Å². The van der Waals surface area contributed by atoms with E-state index in [0.29, 0.717) is 0 Å². The normalized spacial score (nSPS) is 11.4. The first-order chi connectivity index (χ1) is 12.1. The van der Waals surface area contributed by atoms with E-state index in [1.54, 1.807) is 11.3 Å². The van der Waals surface area contributed by atoms with Crippen molar-refractivity contribution in [2.45, 2.75) is 39.7 Å². The molecule has 1 N–H and O–H groups in total. The molecule has 1 aromatic carbocycles. The van der Waals surface area contributed by atoms with Crippen molar-refractivity contribution in [3.8, 4) is 0 Å². The number of rotatable bonds is 8. The lowest BCUT2D eigenvalue weighted by Crippen LogP contribution is -2.11. The van der Waals surface area contributed by atoms with Crippen LogP contribution in [0.15, 0.2) is 36.4 Å². The molecule has 3 aromatic rings. The fourth-order valence-corrected chi connectivity index (χ4v) is 3.57. The second-order valence-corrected chi connectivity index (χ2v) is 7.66. The van der Waals surface area contributed by atoms with E-state index in [1.165, 1.54) is 10.4 Å². The average molecular weight is 356 g/mol. The third kappa shape index (κ3) is 5.00. The van der Waals surface area contributed by atoms with Crippen LogP contribution in [-0.4, -0.2) is 29.2 Å². The number of nitrogens with one attached hydrogen (secondary N) is 1. The van der Waals surface area contributed by atoms with E-state index in [9.17, 15) is 0 Å². The molecule has 0 amide bonds. The van der Waals surface area contributed by atoms with Crippen LogP contribution in [0.25, 0.3) is 10.2 Å². The van der Waals surface area contributed by atoms with Gasteiger partial charge in [0.1, 0.15) is 16.5 Å². The number of fused-ring (bicyclic) bond motifs is 1. The molecular formula is C20H25N3OS. The number of aromatic nitrogens is 2. The Morgan fingerprint density at radius 2 is 1.96 bits per heavy atom. The van der Waals surface area contributed by atoms with E-state index < -0.39 is 0 Å². The molecule has 0 spiro atoms. The number of thiophene rings is 1. The number of nitrogens with zero attached hydrogens (tertiary/aromatic N) is 2. The highest BCUT2D eigenvalue weighted by atomic mass is 32.1. The summed E-state index contributed by atoms with van der Waals surface area (Å²) in [6, 6.07) is 12.5. The van der Waals surface area contributed by atoms with Gasteiger partial charge in [0.15, 0.2) is 0 Å². The summed E-state index contributed by atoms with van der Waals surface area (Å²) in [5, 5.41) is 4.59. The standard InChI is InChI=1S/C20H25N3OS/c1-14(2)24-11-7-10-21-19-17-12-15(3)25-20(17)23-18(22-19)13-16-8-5-4-6-9-16/h4-6,8-9,12,14H,7,10-11,13H2,1-3H3,(H,21,22,23). The Hall–Kier alpha value is -1.98. The van der Waals surface area contributed by atoms with Gasteiger partial charge in [0.2, 0.25) is 0 Å². The molecule has 0 saturated carbocycles. The van der Waals surface area contributed by atoms with Gasteiger partial charge in [0.25, 0.3) is 0 Å². The Balaban J connectivity index is 1.75. The number of hydrogen-bond donors (Lipinski definition) is 1. The maximum absolute atomic E-state index is 5.60. The highest BCUT2D eigenvalue weighted by Gasteiger charge is 2.11. The molecule has 0 aliphatic heterocycles. The van der Waals surface area contributed by atoms with Gasteiger partial charge in [-0.25, -0.2) is 9.97 Å². The number of hydrogen-bond acceptors (Lipinski definition) is 5. The predicted molar refractivity (Wildman–Crippen MR) is 106 cm³/mol. The second-order valence-electron chi connectivity index (χ2n) is 6.43. The van der Waals surface area contributed by atoms with Gasteiger partial charge in [0, 0.05) is 24.4 Å². The molecule has 2 heterocycles. The van der Waals surface area contributed by atoms with Gasteiger partial charge in [-0.1, -0.05) is 30.3 Å². The van der Waals surface area contributed by atoms with Gasteiger partial charge in [-0.3, -0.25) is 0 Å². The van der Waals surface area contributed by atoms with Crippen LogP contribution in [0.3, 0.4) is 0 Å². The van der Waals surface area contributed by atoms with Crippen molar-refractivity contribution in [1.82, 2.24) is 9.97 Å². The molecule has 0 unspecified atom stereocenters. The first-order valence-corrected chi connectivity index (χ1v) is 9.60. The van der Waals surface area contributed by atoms with Crippen molar-refractivity contribution < 1.29 is 4.74 Å². The largest absolute Gasteiger partial charge is 0.379 e. The molecule has 2 aromatic heterocycles. The number of aryl methyl sites for hydroxylation is 1. The van der Waals surface area contributed by atoms with Gasteiger partial charge in [-0.05, 0) is 38.8 Å². The van der Waals surface area contributed by atoms with Crippen molar-refractivity contribution in [3.05, 3.63) is 52.7 Å². The molecule has 0 saturated heterocycles. The highest BCUT2D eigenvalue weighted by Crippen LogP contribution is 2.29. The van der Waals surface area contributed by atoms with E-state index >= 15 is 0 Å². The molecule has 3 rings (SSSR count). The van der Waals surface area contributed by atoms with Crippen LogP contribution >= 0.6 is 11.3 Å². The molecule has 132 valence electrons. The third-order valence-electron chi connectivity index (χ3n) is 3.83. The van der Waals surface area contributed by atoms with E-state index in [0.717, 1.165) is 47.9 Å². The minimum Gasteiger partial charge on any atom is -0.379 e. The molecule has 25 heavy (non-hydrogen) atoms. The fraction of sp³-hybridized carbons (Fsp3) is 0.400. The van der Waals surface area contributed by atoms with Gasteiger partial charge < -0.3 is 10.1 Å². The molecule has 4 nitrogen and oxygen atoms in total. The van der Waals surface area contributed by atoms with Crippen LogP contribution in [-0.2, 0) is 11.2 Å². The summed E-state index contributed by atoms with van der Waals surface area (Å²) in [5.74, 6) is 1.80. The Kier molecular flexibility index (Phi) is 6.00. The summed E-state index contributed by atoms with van der Waals surface area (Å²) in [7, 11) is 0. The molecule has 0 bridgehead atoms. The minimum absolute atomic E-state index is 0.280. The number of anilines is 1. The average Bonchev–Trinajstić information content (AvgIpc) is 2.95. The van der Waals surface area contributed by atoms with Crippen LogP contribution in [0.2, 0.25) is 0 Å². The smallest absolute Gasteiger partial charge is 0.138 e. The zero-order chi connectivity index (χ0) is 17.6. The van der Waals surface area contributed by atoms with Gasteiger partial charge in [-0.2, -0.15) is 0 Å². The SMILES string of the molecule is Cc1cc2c(NCCCOC(C)C)nc(Cc3ccccc3)nc2s1. The van der Waals surface area contributed by atoms with Crippen molar-refractivity contribution in [3.63, 3.8) is 0 Å². The third-order valence-corrected chi connectivity index (χ3v) is 4.78. The van der Waals surface area contributed by atoms with Crippen LogP contribution in [0.5, 0.6) is 0 Å². The monoisotopic (exact) mass is 355 g/mol. The lowest BCUT2D eigenvalue weighted by Gasteiger charge is -2.10. The topological polar surface area (TPSA) is 47.0 Å². The number of ether oxygens (including phenoxy) is 1. The van der Waals surface area contributed by atoms with Crippen LogP contribution in [0.1, 0.15) is 36.5 Å². The summed E-state index contributed by atoms with van der Waals surface area (Å²) in [4.78, 5) is 11.9. The predicted octanol–water partition coefficient (Wildman–Crippen LogP) is 4.82. The first-order valence-electron chi connectivity index (χ1n) is 8.78. The van der Waals surface area contributed by atoms with Crippen molar-refractivity contribution >= 4 is 27.4 Å². The van der Waals surface area contributed by atoms with Crippen molar-refractivity contribution in [2.24, 2.45) is 0 Å². The van der Waals surface area contributed by atoms with E-state index in [-0.39, 0.29) is 6.10 Å². The quantitative estimate of drug-likeness (QED) is 0.589. The highest BCUT2D eigenvalue weighted by molar-refractivity contribution is 7.18. The lowest BCUT2D eigenvalue weighted by atomic mass is 10.1. The van der Waals surface area contributed by atoms with Crippen LogP contribution in [0, 0.1) is 6.92 Å². The van der Waals surface area contributed by atoms with E-state index in [4.69, 9.17) is 14.7 Å². The lowest BCUT2D eigenvalue weighted by molar-refractivity contribution is 0.0787. The maximum atomic E-state index is 5.60. The summed E-state index contributed by atoms with van der Waals surface area (Å²) >= 11 is 1.72. The fourth-order valence-electron chi connectivity index (χ4n) is 2.68. The molecule has 0 aliphatic carbocycles. The Labute approximate surface area is 153 Å². The van der Waals surface area contributed by atoms with Crippen LogP contribution in [0.4, 0.5) is 5.82 Å². The molecule has 0 fully saturated rings. The van der Waals surface area contributed by atoms with Crippen molar-refractivity contribution in [2.75, 3.05) is 18.5 Å². The molecule has 0 atom stereocenters. The van der Waals surface area contributed by atoms with Gasteiger partial charge in [0.05, 0.1) is 11.5 Å². The minimum atomic E-state index is 0.280. The zero-order valence-corrected chi connectivity index (χ0v) is 15.9. The molecular weight excluding hydrogens is 330 g/mol. The second kappa shape index (κ2) is 8.41. The molecule has 0 aliphatic rings. The Morgan fingerprint density at radius 1 is 1.16 bits per heavy atom.